The largest absolute Gasteiger partial charge is 0.492 e. The first-order chi connectivity index (χ1) is 11.7. The van der Waals surface area contributed by atoms with Gasteiger partial charge in [0.25, 0.3) is 0 Å². The third-order valence-electron chi connectivity index (χ3n) is 3.94. The summed E-state index contributed by atoms with van der Waals surface area (Å²) in [5, 5.41) is 6.54. The van der Waals surface area contributed by atoms with Crippen molar-refractivity contribution in [2.45, 2.75) is 13.8 Å². The number of aromatic nitrogens is 1. The topological polar surface area (TPSA) is 70.8 Å². The normalized spacial score (nSPS) is 14.6. The van der Waals surface area contributed by atoms with E-state index in [-0.39, 0.29) is 6.03 Å². The third-order valence-corrected chi connectivity index (χ3v) is 3.94. The lowest BCUT2D eigenvalue weighted by atomic mass is 10.2. The van der Waals surface area contributed by atoms with Crippen molar-refractivity contribution < 1.29 is 14.1 Å². The highest BCUT2D eigenvalue weighted by atomic mass is 16.5. The fraction of sp³-hybridized carbons (Fsp3) is 0.412. The van der Waals surface area contributed by atoms with Crippen molar-refractivity contribution in [3.8, 4) is 5.75 Å². The van der Waals surface area contributed by atoms with Crippen LogP contribution in [0.1, 0.15) is 12.7 Å². The van der Waals surface area contributed by atoms with E-state index in [9.17, 15) is 4.79 Å². The Balaban J connectivity index is 1.58. The fourth-order valence-electron chi connectivity index (χ4n) is 2.76. The molecule has 7 nitrogen and oxygen atoms in total. The van der Waals surface area contributed by atoms with Crippen molar-refractivity contribution in [3.05, 3.63) is 36.1 Å². The van der Waals surface area contributed by atoms with Gasteiger partial charge in [0.1, 0.15) is 11.5 Å². The Morgan fingerprint density at radius 1 is 1.29 bits per heavy atom. The first-order valence-electron chi connectivity index (χ1n) is 8.13. The van der Waals surface area contributed by atoms with Gasteiger partial charge in [0.15, 0.2) is 5.82 Å². The Morgan fingerprint density at radius 2 is 2.04 bits per heavy atom. The molecular weight excluding hydrogens is 308 g/mol. The van der Waals surface area contributed by atoms with Crippen molar-refractivity contribution in [3.63, 3.8) is 0 Å². The van der Waals surface area contributed by atoms with Crippen molar-refractivity contribution >= 4 is 17.5 Å². The molecule has 1 aliphatic heterocycles. The molecule has 0 radical (unpaired) electrons. The van der Waals surface area contributed by atoms with E-state index in [0.29, 0.717) is 31.3 Å². The zero-order valence-corrected chi connectivity index (χ0v) is 14.0. The van der Waals surface area contributed by atoms with Crippen molar-refractivity contribution in [1.82, 2.24) is 10.1 Å². The molecule has 1 aliphatic rings. The van der Waals surface area contributed by atoms with Crippen LogP contribution in [0.4, 0.5) is 16.3 Å². The zero-order chi connectivity index (χ0) is 16.9. The maximum Gasteiger partial charge on any atom is 0.323 e. The van der Waals surface area contributed by atoms with E-state index < -0.39 is 0 Å². The number of urea groups is 1. The van der Waals surface area contributed by atoms with Crippen LogP contribution in [0.3, 0.4) is 0 Å². The number of benzene rings is 1. The summed E-state index contributed by atoms with van der Waals surface area (Å²) in [7, 11) is 0. The second kappa shape index (κ2) is 7.25. The van der Waals surface area contributed by atoms with E-state index in [0.717, 1.165) is 24.5 Å². The molecule has 2 heterocycles. The highest BCUT2D eigenvalue weighted by molar-refractivity contribution is 5.88. The SMILES string of the molecule is CCOc1ccccc1N1CCN(C(=O)Nc2cc(C)on2)CC1. The summed E-state index contributed by atoms with van der Waals surface area (Å²) in [5.74, 6) is 2.00. The second-order valence-electron chi connectivity index (χ2n) is 5.63. The maximum atomic E-state index is 12.3. The summed E-state index contributed by atoms with van der Waals surface area (Å²) in [5.41, 5.74) is 1.08. The van der Waals surface area contributed by atoms with Gasteiger partial charge in [-0.25, -0.2) is 4.79 Å². The fourth-order valence-corrected chi connectivity index (χ4v) is 2.76. The molecule has 1 saturated heterocycles. The first-order valence-corrected chi connectivity index (χ1v) is 8.13. The molecule has 24 heavy (non-hydrogen) atoms. The van der Waals surface area contributed by atoms with Gasteiger partial charge in [0, 0.05) is 32.2 Å². The van der Waals surface area contributed by atoms with E-state index in [1.54, 1.807) is 17.9 Å². The lowest BCUT2D eigenvalue weighted by molar-refractivity contribution is 0.207. The maximum absolute atomic E-state index is 12.3. The van der Waals surface area contributed by atoms with Crippen LogP contribution in [0, 0.1) is 6.92 Å². The molecule has 0 unspecified atom stereocenters. The average Bonchev–Trinajstić information content (AvgIpc) is 3.01. The number of carbonyl (C=O) groups excluding carboxylic acids is 1. The minimum absolute atomic E-state index is 0.152. The summed E-state index contributed by atoms with van der Waals surface area (Å²) in [6.07, 6.45) is 0. The lowest BCUT2D eigenvalue weighted by Gasteiger charge is -2.36. The number of amides is 2. The molecule has 7 heteroatoms. The smallest absolute Gasteiger partial charge is 0.323 e. The number of anilines is 2. The molecular formula is C17H22N4O3. The molecule has 128 valence electrons. The van der Waals surface area contributed by atoms with Crippen LogP contribution >= 0.6 is 0 Å². The number of aryl methyl sites for hydroxylation is 1. The molecule has 1 aromatic heterocycles. The Hall–Kier alpha value is -2.70. The van der Waals surface area contributed by atoms with Gasteiger partial charge in [-0.1, -0.05) is 17.3 Å². The summed E-state index contributed by atoms with van der Waals surface area (Å²) < 4.78 is 10.7. The molecule has 1 aromatic carbocycles. The van der Waals surface area contributed by atoms with Gasteiger partial charge >= 0.3 is 6.03 Å². The van der Waals surface area contributed by atoms with Gasteiger partial charge in [-0.15, -0.1) is 0 Å². The quantitative estimate of drug-likeness (QED) is 0.933. The number of hydrogen-bond donors (Lipinski definition) is 1. The molecule has 0 bridgehead atoms. The summed E-state index contributed by atoms with van der Waals surface area (Å²) in [4.78, 5) is 16.3. The predicted octanol–water partition coefficient (Wildman–Crippen LogP) is 2.74. The molecule has 2 aromatic rings. The van der Waals surface area contributed by atoms with Crippen LogP contribution in [-0.2, 0) is 0 Å². The highest BCUT2D eigenvalue weighted by Gasteiger charge is 2.23. The van der Waals surface area contributed by atoms with Crippen molar-refractivity contribution in [2.75, 3.05) is 43.0 Å². The van der Waals surface area contributed by atoms with Crippen LogP contribution in [0.25, 0.3) is 0 Å². The average molecular weight is 330 g/mol. The molecule has 0 saturated carbocycles. The molecule has 1 fully saturated rings. The predicted molar refractivity (Wildman–Crippen MR) is 91.7 cm³/mol. The van der Waals surface area contributed by atoms with Crippen LogP contribution in [0.15, 0.2) is 34.9 Å². The Bertz CT molecular complexity index is 693. The number of carbonyl (C=O) groups is 1. The molecule has 0 spiro atoms. The first kappa shape index (κ1) is 16.2. The monoisotopic (exact) mass is 330 g/mol. The number of para-hydroxylation sites is 2. The Labute approximate surface area is 141 Å². The molecule has 0 atom stereocenters. The molecule has 0 aliphatic carbocycles. The molecule has 2 amide bonds. The van der Waals surface area contributed by atoms with Gasteiger partial charge < -0.3 is 19.1 Å². The van der Waals surface area contributed by atoms with Crippen molar-refractivity contribution in [2.24, 2.45) is 0 Å². The number of piperazine rings is 1. The van der Waals surface area contributed by atoms with E-state index >= 15 is 0 Å². The molecule has 3 rings (SSSR count). The highest BCUT2D eigenvalue weighted by Crippen LogP contribution is 2.28. The standard InChI is InChI=1S/C17H22N4O3/c1-3-23-15-7-5-4-6-14(15)20-8-10-21(11-9-20)17(22)18-16-12-13(2)24-19-16/h4-7,12H,3,8-11H2,1-2H3,(H,18,19,22). The van der Waals surface area contributed by atoms with E-state index in [1.807, 2.05) is 25.1 Å². The summed E-state index contributed by atoms with van der Waals surface area (Å²) >= 11 is 0. The van der Waals surface area contributed by atoms with Gasteiger partial charge in [-0.2, -0.15) is 0 Å². The zero-order valence-electron chi connectivity index (χ0n) is 14.0. The van der Waals surface area contributed by atoms with Crippen LogP contribution in [-0.4, -0.2) is 48.9 Å². The van der Waals surface area contributed by atoms with Gasteiger partial charge in [0.05, 0.1) is 12.3 Å². The van der Waals surface area contributed by atoms with Crippen LogP contribution in [0.2, 0.25) is 0 Å². The third kappa shape index (κ3) is 3.61. The summed E-state index contributed by atoms with van der Waals surface area (Å²) in [6, 6.07) is 9.55. The van der Waals surface area contributed by atoms with Gasteiger partial charge in [-0.05, 0) is 26.0 Å². The Morgan fingerprint density at radius 3 is 2.71 bits per heavy atom. The Kier molecular flexibility index (Phi) is 4.88. The van der Waals surface area contributed by atoms with Gasteiger partial charge in [-0.3, -0.25) is 5.32 Å². The van der Waals surface area contributed by atoms with Crippen LogP contribution in [0.5, 0.6) is 5.75 Å². The van der Waals surface area contributed by atoms with Crippen LogP contribution < -0.4 is 15.0 Å². The van der Waals surface area contributed by atoms with Gasteiger partial charge in [0.2, 0.25) is 0 Å². The van der Waals surface area contributed by atoms with E-state index in [1.165, 1.54) is 0 Å². The number of nitrogens with zero attached hydrogens (tertiary/aromatic N) is 3. The lowest BCUT2D eigenvalue weighted by Crippen LogP contribution is -2.50. The number of hydrogen-bond acceptors (Lipinski definition) is 5. The van der Waals surface area contributed by atoms with Crippen molar-refractivity contribution in [1.29, 1.82) is 0 Å². The number of nitrogens with one attached hydrogen (secondary N) is 1. The number of rotatable bonds is 4. The second-order valence-corrected chi connectivity index (χ2v) is 5.63. The van der Waals surface area contributed by atoms with E-state index in [4.69, 9.17) is 9.26 Å². The number of ether oxygens (including phenoxy) is 1. The molecule has 1 N–H and O–H groups in total. The minimum Gasteiger partial charge on any atom is -0.492 e. The minimum atomic E-state index is -0.152. The van der Waals surface area contributed by atoms with E-state index in [2.05, 4.69) is 21.4 Å². The summed E-state index contributed by atoms with van der Waals surface area (Å²) in [6.45, 7) is 7.20.